The van der Waals surface area contributed by atoms with Gasteiger partial charge in [-0.3, -0.25) is 0 Å². The van der Waals surface area contributed by atoms with E-state index in [2.05, 4.69) is 56.4 Å². The van der Waals surface area contributed by atoms with E-state index in [-0.39, 0.29) is 12.0 Å². The van der Waals surface area contributed by atoms with Crippen LogP contribution in [0.25, 0.3) is 0 Å². The lowest BCUT2D eigenvalue weighted by molar-refractivity contribution is 0.0923. The largest absolute Gasteiger partial charge is 0.394 e. The Labute approximate surface area is 117 Å². The van der Waals surface area contributed by atoms with Gasteiger partial charge >= 0.3 is 0 Å². The smallest absolute Gasteiger partial charge is 0.0698 e. The summed E-state index contributed by atoms with van der Waals surface area (Å²) in [6.07, 6.45) is 1.08. The third-order valence-electron chi connectivity index (χ3n) is 3.35. The van der Waals surface area contributed by atoms with Crippen molar-refractivity contribution in [2.24, 2.45) is 0 Å². The molecule has 0 bridgehead atoms. The Bertz CT molecular complexity index is 338. The first kappa shape index (κ1) is 16.2. The van der Waals surface area contributed by atoms with Gasteiger partial charge in [0.05, 0.1) is 19.8 Å². The van der Waals surface area contributed by atoms with E-state index in [1.54, 1.807) is 0 Å². The summed E-state index contributed by atoms with van der Waals surface area (Å²) >= 11 is 0. The van der Waals surface area contributed by atoms with Crippen molar-refractivity contribution in [3.8, 4) is 0 Å². The molecule has 0 spiro atoms. The van der Waals surface area contributed by atoms with Gasteiger partial charge in [-0.05, 0) is 24.3 Å². The first-order chi connectivity index (χ1) is 9.06. The van der Waals surface area contributed by atoms with Crippen LogP contribution in [0, 0.1) is 0 Å². The molecule has 0 saturated carbocycles. The fourth-order valence-corrected chi connectivity index (χ4v) is 2.39. The van der Waals surface area contributed by atoms with Crippen molar-refractivity contribution in [2.45, 2.75) is 38.6 Å². The first-order valence-corrected chi connectivity index (χ1v) is 7.04. The van der Waals surface area contributed by atoms with Gasteiger partial charge in [0.1, 0.15) is 0 Å². The lowest BCUT2D eigenvalue weighted by atomic mass is 9.79. The number of benzene rings is 1. The number of nitrogens with one attached hydrogen (secondary N) is 1. The zero-order valence-electron chi connectivity index (χ0n) is 12.4. The van der Waals surface area contributed by atoms with E-state index in [1.807, 2.05) is 0 Å². The highest BCUT2D eigenvalue weighted by atomic mass is 16.5. The molecule has 0 radical (unpaired) electrons. The van der Waals surface area contributed by atoms with Gasteiger partial charge in [0.25, 0.3) is 0 Å². The van der Waals surface area contributed by atoms with Crippen LogP contribution in [0.2, 0.25) is 0 Å². The molecule has 19 heavy (non-hydrogen) atoms. The molecule has 0 amide bonds. The number of aliphatic hydroxyl groups excluding tert-OH is 1. The summed E-state index contributed by atoms with van der Waals surface area (Å²) in [5, 5.41) is 12.1. The summed E-state index contributed by atoms with van der Waals surface area (Å²) in [6, 6.07) is 11.1. The maximum Gasteiger partial charge on any atom is 0.0698 e. The van der Waals surface area contributed by atoms with Crippen molar-refractivity contribution in [2.75, 3.05) is 26.4 Å². The van der Waals surface area contributed by atoms with Crippen molar-refractivity contribution >= 4 is 0 Å². The highest BCUT2D eigenvalue weighted by Crippen LogP contribution is 2.27. The van der Waals surface area contributed by atoms with Crippen LogP contribution in [0.4, 0.5) is 0 Å². The molecule has 0 saturated heterocycles. The normalized spacial score (nSPS) is 13.5. The fourth-order valence-electron chi connectivity index (χ4n) is 2.39. The van der Waals surface area contributed by atoms with Gasteiger partial charge in [-0.15, -0.1) is 0 Å². The molecule has 1 aromatic carbocycles. The van der Waals surface area contributed by atoms with E-state index in [0.717, 1.165) is 13.0 Å². The zero-order chi connectivity index (χ0) is 14.1. The summed E-state index contributed by atoms with van der Waals surface area (Å²) in [6.45, 7) is 8.76. The molecule has 1 aromatic rings. The highest BCUT2D eigenvalue weighted by Gasteiger charge is 2.22. The van der Waals surface area contributed by atoms with Gasteiger partial charge in [-0.25, -0.2) is 0 Å². The zero-order valence-corrected chi connectivity index (χ0v) is 12.4. The molecule has 1 unspecified atom stereocenters. The molecule has 0 fully saturated rings. The van der Waals surface area contributed by atoms with Crippen molar-refractivity contribution in [3.63, 3.8) is 0 Å². The summed E-state index contributed by atoms with van der Waals surface area (Å²) in [7, 11) is 0. The minimum Gasteiger partial charge on any atom is -0.394 e. The lowest BCUT2D eigenvalue weighted by Gasteiger charge is -2.29. The lowest BCUT2D eigenvalue weighted by Crippen LogP contribution is -2.35. The van der Waals surface area contributed by atoms with Gasteiger partial charge < -0.3 is 15.2 Å². The number of hydrogen-bond acceptors (Lipinski definition) is 3. The molecule has 3 heteroatoms. The van der Waals surface area contributed by atoms with Crippen LogP contribution < -0.4 is 5.32 Å². The van der Waals surface area contributed by atoms with Crippen molar-refractivity contribution in [3.05, 3.63) is 35.9 Å². The molecular weight excluding hydrogens is 238 g/mol. The van der Waals surface area contributed by atoms with Crippen LogP contribution in [-0.4, -0.2) is 37.5 Å². The predicted molar refractivity (Wildman–Crippen MR) is 79.5 cm³/mol. The SMILES string of the molecule is CC(CC(C)(C)c1ccccc1)NCCOCCO. The minimum atomic E-state index is 0.0938. The van der Waals surface area contributed by atoms with E-state index in [9.17, 15) is 0 Å². The Morgan fingerprint density at radius 2 is 1.89 bits per heavy atom. The van der Waals surface area contributed by atoms with E-state index in [4.69, 9.17) is 9.84 Å². The second kappa shape index (κ2) is 8.31. The summed E-state index contributed by atoms with van der Waals surface area (Å²) in [5.41, 5.74) is 1.54. The molecule has 0 aliphatic heterocycles. The van der Waals surface area contributed by atoms with Gasteiger partial charge in [0.15, 0.2) is 0 Å². The van der Waals surface area contributed by atoms with Crippen LogP contribution >= 0.6 is 0 Å². The van der Waals surface area contributed by atoms with E-state index >= 15 is 0 Å². The minimum absolute atomic E-state index is 0.0938. The fraction of sp³-hybridized carbons (Fsp3) is 0.625. The number of ether oxygens (including phenoxy) is 1. The van der Waals surface area contributed by atoms with Crippen LogP contribution in [0.3, 0.4) is 0 Å². The maximum atomic E-state index is 8.61. The molecule has 0 aromatic heterocycles. The van der Waals surface area contributed by atoms with Crippen LogP contribution in [-0.2, 0) is 10.2 Å². The van der Waals surface area contributed by atoms with Gasteiger partial charge in [-0.2, -0.15) is 0 Å². The Morgan fingerprint density at radius 1 is 1.21 bits per heavy atom. The summed E-state index contributed by atoms with van der Waals surface area (Å²) in [4.78, 5) is 0. The number of rotatable bonds is 9. The van der Waals surface area contributed by atoms with Crippen molar-refractivity contribution in [1.29, 1.82) is 0 Å². The Hall–Kier alpha value is -0.900. The average Bonchev–Trinajstić information content (AvgIpc) is 2.39. The van der Waals surface area contributed by atoms with Gasteiger partial charge in [0.2, 0.25) is 0 Å². The van der Waals surface area contributed by atoms with E-state index < -0.39 is 0 Å². The number of aliphatic hydroxyl groups is 1. The quantitative estimate of drug-likeness (QED) is 0.673. The molecule has 2 N–H and O–H groups in total. The van der Waals surface area contributed by atoms with Crippen LogP contribution in [0.5, 0.6) is 0 Å². The first-order valence-electron chi connectivity index (χ1n) is 7.04. The van der Waals surface area contributed by atoms with Gasteiger partial charge in [-0.1, -0.05) is 44.2 Å². The van der Waals surface area contributed by atoms with Crippen LogP contribution in [0.15, 0.2) is 30.3 Å². The summed E-state index contributed by atoms with van der Waals surface area (Å²) < 4.78 is 5.24. The molecule has 1 rings (SSSR count). The number of hydrogen-bond donors (Lipinski definition) is 2. The van der Waals surface area contributed by atoms with E-state index in [1.165, 1.54) is 5.56 Å². The molecular formula is C16H27NO2. The summed E-state index contributed by atoms with van der Waals surface area (Å²) in [5.74, 6) is 0. The second-order valence-corrected chi connectivity index (χ2v) is 5.65. The van der Waals surface area contributed by atoms with Crippen molar-refractivity contribution in [1.82, 2.24) is 5.32 Å². The molecule has 1 atom stereocenters. The predicted octanol–water partition coefficient (Wildman–Crippen LogP) is 2.34. The Kier molecular flexibility index (Phi) is 7.06. The Morgan fingerprint density at radius 3 is 2.53 bits per heavy atom. The topological polar surface area (TPSA) is 41.5 Å². The molecule has 3 nitrogen and oxygen atoms in total. The molecule has 108 valence electrons. The highest BCUT2D eigenvalue weighted by molar-refractivity contribution is 5.23. The molecule has 0 aliphatic rings. The molecule has 0 heterocycles. The maximum absolute atomic E-state index is 8.61. The molecule has 0 aliphatic carbocycles. The van der Waals surface area contributed by atoms with Crippen molar-refractivity contribution < 1.29 is 9.84 Å². The average molecular weight is 265 g/mol. The second-order valence-electron chi connectivity index (χ2n) is 5.65. The monoisotopic (exact) mass is 265 g/mol. The third kappa shape index (κ3) is 6.19. The third-order valence-corrected chi connectivity index (χ3v) is 3.35. The van der Waals surface area contributed by atoms with Crippen LogP contribution in [0.1, 0.15) is 32.8 Å². The van der Waals surface area contributed by atoms with E-state index in [0.29, 0.717) is 19.3 Å². The standard InChI is InChI=1S/C16H27NO2/c1-14(17-9-11-19-12-10-18)13-16(2,3)15-7-5-4-6-8-15/h4-8,14,17-18H,9-13H2,1-3H3. The Balaban J connectivity index is 2.32. The van der Waals surface area contributed by atoms with Gasteiger partial charge in [0, 0.05) is 12.6 Å².